The summed E-state index contributed by atoms with van der Waals surface area (Å²) in [6.07, 6.45) is 3.19. The van der Waals surface area contributed by atoms with E-state index in [2.05, 4.69) is 32.0 Å². The van der Waals surface area contributed by atoms with Gasteiger partial charge in [-0.3, -0.25) is 4.57 Å². The van der Waals surface area contributed by atoms with Crippen LogP contribution in [0.3, 0.4) is 0 Å². The van der Waals surface area contributed by atoms with Crippen LogP contribution in [0.5, 0.6) is 0 Å². The van der Waals surface area contributed by atoms with Gasteiger partial charge < -0.3 is 5.32 Å². The van der Waals surface area contributed by atoms with Crippen molar-refractivity contribution in [2.75, 3.05) is 11.9 Å². The Balaban J connectivity index is 1.68. The highest BCUT2D eigenvalue weighted by molar-refractivity contribution is 7.98. The Hall–Kier alpha value is -1.35. The third-order valence-electron chi connectivity index (χ3n) is 3.01. The average Bonchev–Trinajstić information content (AvgIpc) is 3.07. The number of H-pyrrole nitrogens is 1. The molecule has 2 aromatic heterocycles. The van der Waals surface area contributed by atoms with Gasteiger partial charge in [0.1, 0.15) is 10.7 Å². The van der Waals surface area contributed by atoms with Crippen LogP contribution in [0.1, 0.15) is 37.9 Å². The molecule has 0 aromatic carbocycles. The molecule has 0 amide bonds. The smallest absolute Gasteiger partial charge is 0.344 e. The summed E-state index contributed by atoms with van der Waals surface area (Å²) >= 11 is 2.90. The molecule has 2 N–H and O–H groups in total. The highest BCUT2D eigenvalue weighted by Gasteiger charge is 2.28. The third kappa shape index (κ3) is 2.88. The number of hydrogen-bond acceptors (Lipinski definition) is 7. The van der Waals surface area contributed by atoms with Crippen LogP contribution < -0.4 is 11.0 Å². The predicted molar refractivity (Wildman–Crippen MR) is 79.4 cm³/mol. The lowest BCUT2D eigenvalue weighted by molar-refractivity contribution is 0.642. The molecule has 9 heteroatoms. The van der Waals surface area contributed by atoms with Gasteiger partial charge in [0.25, 0.3) is 0 Å². The fourth-order valence-electron chi connectivity index (χ4n) is 1.86. The first kappa shape index (κ1) is 13.6. The third-order valence-corrected chi connectivity index (χ3v) is 4.70. The van der Waals surface area contributed by atoms with Gasteiger partial charge in [-0.25, -0.2) is 9.89 Å². The van der Waals surface area contributed by atoms with Crippen LogP contribution >= 0.6 is 23.3 Å². The van der Waals surface area contributed by atoms with Gasteiger partial charge in [0, 0.05) is 29.9 Å². The normalized spacial score (nSPS) is 14.7. The van der Waals surface area contributed by atoms with Crippen LogP contribution in [0.15, 0.2) is 9.95 Å². The minimum atomic E-state index is -0.115. The number of aromatic nitrogens is 5. The van der Waals surface area contributed by atoms with Gasteiger partial charge in [0.15, 0.2) is 5.16 Å². The topological polar surface area (TPSA) is 88.5 Å². The summed E-state index contributed by atoms with van der Waals surface area (Å²) in [6, 6.07) is 0.329. The largest absolute Gasteiger partial charge is 0.374 e. The second-order valence-electron chi connectivity index (χ2n) is 4.68. The molecule has 2 aromatic rings. The van der Waals surface area contributed by atoms with Crippen molar-refractivity contribution >= 4 is 28.3 Å². The molecule has 0 bridgehead atoms. The Bertz CT molecular complexity index is 629. The van der Waals surface area contributed by atoms with Crippen LogP contribution in [-0.2, 0) is 5.75 Å². The van der Waals surface area contributed by atoms with Gasteiger partial charge in [0.05, 0.1) is 0 Å². The van der Waals surface area contributed by atoms with E-state index in [0.29, 0.717) is 11.8 Å². The zero-order valence-electron chi connectivity index (χ0n) is 11.1. The van der Waals surface area contributed by atoms with Crippen molar-refractivity contribution in [2.45, 2.75) is 43.1 Å². The maximum absolute atomic E-state index is 11.7. The molecule has 0 saturated heterocycles. The molecule has 3 rings (SSSR count). The van der Waals surface area contributed by atoms with E-state index < -0.39 is 0 Å². The van der Waals surface area contributed by atoms with Gasteiger partial charge in [-0.15, -0.1) is 10.2 Å². The van der Waals surface area contributed by atoms with Crippen LogP contribution in [0.2, 0.25) is 0 Å². The molecule has 0 atom stereocenters. The van der Waals surface area contributed by atoms with Gasteiger partial charge in [-0.05, 0) is 19.3 Å². The molecule has 1 fully saturated rings. The SMILES string of the molecule is CCCNc1snnc1CSc1n[nH]c(=O)n1C1CC1. The Labute approximate surface area is 124 Å². The summed E-state index contributed by atoms with van der Waals surface area (Å²) in [7, 11) is 0. The van der Waals surface area contributed by atoms with Crippen molar-refractivity contribution in [1.29, 1.82) is 0 Å². The first-order valence-corrected chi connectivity index (χ1v) is 8.40. The Morgan fingerprint density at radius 2 is 2.40 bits per heavy atom. The number of hydrogen-bond donors (Lipinski definition) is 2. The van der Waals surface area contributed by atoms with Gasteiger partial charge in [-0.1, -0.05) is 23.2 Å². The van der Waals surface area contributed by atoms with E-state index in [9.17, 15) is 4.79 Å². The van der Waals surface area contributed by atoms with Gasteiger partial charge >= 0.3 is 5.69 Å². The fraction of sp³-hybridized carbons (Fsp3) is 0.636. The van der Waals surface area contributed by atoms with Crippen molar-refractivity contribution in [2.24, 2.45) is 0 Å². The molecule has 2 heterocycles. The Morgan fingerprint density at radius 1 is 1.55 bits per heavy atom. The standard InChI is InChI=1S/C11H16N6OS2/c1-2-5-12-9-8(13-16-20-9)6-19-11-15-14-10(18)17(11)7-3-4-7/h7,12H,2-6H2,1H3,(H,14,18). The van der Waals surface area contributed by atoms with Crippen molar-refractivity contribution in [3.8, 4) is 0 Å². The predicted octanol–water partition coefficient (Wildman–Crippen LogP) is 1.87. The molecular formula is C11H16N6OS2. The first-order chi connectivity index (χ1) is 9.79. The number of nitrogens with one attached hydrogen (secondary N) is 2. The van der Waals surface area contributed by atoms with E-state index in [1.165, 1.54) is 23.3 Å². The highest BCUT2D eigenvalue weighted by atomic mass is 32.2. The maximum Gasteiger partial charge on any atom is 0.344 e. The van der Waals surface area contributed by atoms with E-state index in [1.807, 2.05) is 0 Å². The molecule has 1 saturated carbocycles. The van der Waals surface area contributed by atoms with Crippen molar-refractivity contribution in [3.63, 3.8) is 0 Å². The van der Waals surface area contributed by atoms with E-state index in [4.69, 9.17) is 0 Å². The Morgan fingerprint density at radius 3 is 3.15 bits per heavy atom. The van der Waals surface area contributed by atoms with Gasteiger partial charge in [0.2, 0.25) is 0 Å². The molecule has 7 nitrogen and oxygen atoms in total. The van der Waals surface area contributed by atoms with Crippen molar-refractivity contribution in [1.82, 2.24) is 24.4 Å². The first-order valence-electron chi connectivity index (χ1n) is 6.64. The number of nitrogens with zero attached hydrogens (tertiary/aromatic N) is 4. The van der Waals surface area contributed by atoms with E-state index >= 15 is 0 Å². The summed E-state index contributed by atoms with van der Waals surface area (Å²) in [6.45, 7) is 3.03. The van der Waals surface area contributed by atoms with E-state index in [1.54, 1.807) is 4.57 Å². The average molecular weight is 312 g/mol. The lowest BCUT2D eigenvalue weighted by Crippen LogP contribution is -2.16. The molecule has 1 aliphatic rings. The lowest BCUT2D eigenvalue weighted by atomic mass is 10.4. The molecule has 1 aliphatic carbocycles. The second kappa shape index (κ2) is 5.96. The molecular weight excluding hydrogens is 296 g/mol. The molecule has 0 radical (unpaired) electrons. The molecule has 20 heavy (non-hydrogen) atoms. The van der Waals surface area contributed by atoms with E-state index in [-0.39, 0.29) is 5.69 Å². The number of thioether (sulfide) groups is 1. The van der Waals surface area contributed by atoms with Crippen LogP contribution in [-0.4, -0.2) is 30.9 Å². The monoisotopic (exact) mass is 312 g/mol. The van der Waals surface area contributed by atoms with Crippen LogP contribution in [0.4, 0.5) is 5.00 Å². The molecule has 0 unspecified atom stereocenters. The summed E-state index contributed by atoms with van der Waals surface area (Å²) in [5.74, 6) is 0.666. The lowest BCUT2D eigenvalue weighted by Gasteiger charge is -2.04. The summed E-state index contributed by atoms with van der Waals surface area (Å²) in [4.78, 5) is 11.7. The maximum atomic E-state index is 11.7. The highest BCUT2D eigenvalue weighted by Crippen LogP contribution is 2.36. The van der Waals surface area contributed by atoms with Crippen molar-refractivity contribution < 1.29 is 0 Å². The second-order valence-corrected chi connectivity index (χ2v) is 6.37. The van der Waals surface area contributed by atoms with Crippen molar-refractivity contribution in [3.05, 3.63) is 16.2 Å². The molecule has 108 valence electrons. The van der Waals surface area contributed by atoms with Crippen LogP contribution in [0, 0.1) is 0 Å². The fourth-order valence-corrected chi connectivity index (χ4v) is 3.50. The van der Waals surface area contributed by atoms with Crippen LogP contribution in [0.25, 0.3) is 0 Å². The molecule has 0 spiro atoms. The number of anilines is 1. The zero-order valence-corrected chi connectivity index (χ0v) is 12.8. The summed E-state index contributed by atoms with van der Waals surface area (Å²) < 4.78 is 5.74. The quantitative estimate of drug-likeness (QED) is 0.759. The summed E-state index contributed by atoms with van der Waals surface area (Å²) in [5, 5.41) is 15.8. The minimum absolute atomic E-state index is 0.115. The van der Waals surface area contributed by atoms with Gasteiger partial charge in [-0.2, -0.15) is 0 Å². The minimum Gasteiger partial charge on any atom is -0.374 e. The zero-order chi connectivity index (χ0) is 13.9. The number of rotatable bonds is 7. The number of aromatic amines is 1. The Kier molecular flexibility index (Phi) is 4.06. The van der Waals surface area contributed by atoms with E-state index in [0.717, 1.165) is 41.7 Å². The summed E-state index contributed by atoms with van der Waals surface area (Å²) in [5.41, 5.74) is 0.807. The molecule has 0 aliphatic heterocycles.